The number of rotatable bonds is 7. The number of nitrogens with zero attached hydrogens (tertiary/aromatic N) is 4. The standard InChI is InChI=1S/C17H25N5/c1-5-7-22(8-6-2)16-12-18-21-17(20-16)19-15-10-13(3)9-14(4)11-15/h9-12H,5-8H2,1-4H3,(H,19,20,21). The van der Waals surface area contributed by atoms with Crippen molar-refractivity contribution in [2.75, 3.05) is 23.3 Å². The Labute approximate surface area is 132 Å². The lowest BCUT2D eigenvalue weighted by Gasteiger charge is -2.22. The molecule has 0 unspecified atom stereocenters. The molecule has 0 aliphatic carbocycles. The van der Waals surface area contributed by atoms with Crippen molar-refractivity contribution in [1.82, 2.24) is 15.2 Å². The van der Waals surface area contributed by atoms with E-state index in [1.54, 1.807) is 6.20 Å². The summed E-state index contributed by atoms with van der Waals surface area (Å²) in [5.74, 6) is 1.42. The van der Waals surface area contributed by atoms with E-state index in [9.17, 15) is 0 Å². The number of aryl methyl sites for hydroxylation is 2. The second kappa shape index (κ2) is 7.73. The monoisotopic (exact) mass is 299 g/mol. The molecule has 0 radical (unpaired) electrons. The maximum absolute atomic E-state index is 4.61. The fourth-order valence-electron chi connectivity index (χ4n) is 2.56. The van der Waals surface area contributed by atoms with Gasteiger partial charge in [0.05, 0.1) is 6.20 Å². The van der Waals surface area contributed by atoms with Gasteiger partial charge in [-0.2, -0.15) is 10.1 Å². The molecule has 0 atom stereocenters. The molecule has 1 N–H and O–H groups in total. The van der Waals surface area contributed by atoms with Gasteiger partial charge in [-0.05, 0) is 49.9 Å². The number of nitrogens with one attached hydrogen (secondary N) is 1. The predicted octanol–water partition coefficient (Wildman–Crippen LogP) is 3.86. The maximum atomic E-state index is 4.61. The Balaban J connectivity index is 2.20. The topological polar surface area (TPSA) is 53.9 Å². The Morgan fingerprint density at radius 3 is 2.23 bits per heavy atom. The van der Waals surface area contributed by atoms with Gasteiger partial charge >= 0.3 is 0 Å². The van der Waals surface area contributed by atoms with E-state index >= 15 is 0 Å². The Bertz CT molecular complexity index is 585. The van der Waals surface area contributed by atoms with Crippen LogP contribution in [0.2, 0.25) is 0 Å². The number of hydrogen-bond acceptors (Lipinski definition) is 5. The normalized spacial score (nSPS) is 10.5. The first-order chi connectivity index (χ1) is 10.6. The summed E-state index contributed by atoms with van der Waals surface area (Å²) in [7, 11) is 0. The minimum absolute atomic E-state index is 0.541. The van der Waals surface area contributed by atoms with Gasteiger partial charge in [-0.3, -0.25) is 0 Å². The van der Waals surface area contributed by atoms with Crippen molar-refractivity contribution in [2.45, 2.75) is 40.5 Å². The molecule has 5 nitrogen and oxygen atoms in total. The Morgan fingerprint density at radius 1 is 1.00 bits per heavy atom. The van der Waals surface area contributed by atoms with Crippen LogP contribution < -0.4 is 10.2 Å². The molecule has 1 aromatic carbocycles. The molecule has 0 aliphatic rings. The van der Waals surface area contributed by atoms with Crippen molar-refractivity contribution in [2.24, 2.45) is 0 Å². The van der Waals surface area contributed by atoms with Gasteiger partial charge < -0.3 is 10.2 Å². The van der Waals surface area contributed by atoms with Gasteiger partial charge in [-0.15, -0.1) is 5.10 Å². The van der Waals surface area contributed by atoms with Crippen LogP contribution in [0.5, 0.6) is 0 Å². The van der Waals surface area contributed by atoms with Crippen LogP contribution in [0.3, 0.4) is 0 Å². The lowest BCUT2D eigenvalue weighted by atomic mass is 10.1. The fraction of sp³-hybridized carbons (Fsp3) is 0.471. The zero-order valence-electron chi connectivity index (χ0n) is 13.9. The van der Waals surface area contributed by atoms with Crippen molar-refractivity contribution in [3.63, 3.8) is 0 Å². The van der Waals surface area contributed by atoms with Crippen molar-refractivity contribution < 1.29 is 0 Å². The van der Waals surface area contributed by atoms with Gasteiger partial charge in [0.15, 0.2) is 5.82 Å². The zero-order valence-corrected chi connectivity index (χ0v) is 13.9. The van der Waals surface area contributed by atoms with Crippen LogP contribution >= 0.6 is 0 Å². The first kappa shape index (κ1) is 16.2. The van der Waals surface area contributed by atoms with Crippen LogP contribution in [-0.2, 0) is 0 Å². The molecule has 5 heteroatoms. The van der Waals surface area contributed by atoms with Crippen molar-refractivity contribution >= 4 is 17.5 Å². The van der Waals surface area contributed by atoms with E-state index in [0.29, 0.717) is 5.95 Å². The smallest absolute Gasteiger partial charge is 0.249 e. The molecule has 0 aliphatic heterocycles. The molecule has 1 heterocycles. The maximum Gasteiger partial charge on any atom is 0.249 e. The molecule has 1 aromatic heterocycles. The molecule has 0 fully saturated rings. The number of aromatic nitrogens is 3. The van der Waals surface area contributed by atoms with Gasteiger partial charge in [-0.25, -0.2) is 0 Å². The summed E-state index contributed by atoms with van der Waals surface area (Å²) < 4.78 is 0. The summed E-state index contributed by atoms with van der Waals surface area (Å²) in [4.78, 5) is 6.86. The third-order valence-corrected chi connectivity index (χ3v) is 3.33. The van der Waals surface area contributed by atoms with Gasteiger partial charge in [0.2, 0.25) is 5.95 Å². The van der Waals surface area contributed by atoms with Crippen molar-refractivity contribution in [1.29, 1.82) is 0 Å². The lowest BCUT2D eigenvalue weighted by molar-refractivity contribution is 0.728. The number of benzene rings is 1. The van der Waals surface area contributed by atoms with E-state index in [-0.39, 0.29) is 0 Å². The molecular weight excluding hydrogens is 274 g/mol. The molecular formula is C17H25N5. The predicted molar refractivity (Wildman–Crippen MR) is 91.8 cm³/mol. The highest BCUT2D eigenvalue weighted by atomic mass is 15.3. The first-order valence-electron chi connectivity index (χ1n) is 7.92. The van der Waals surface area contributed by atoms with Crippen molar-refractivity contribution in [3.8, 4) is 0 Å². The van der Waals surface area contributed by atoms with E-state index in [1.165, 1.54) is 11.1 Å². The van der Waals surface area contributed by atoms with E-state index in [4.69, 9.17) is 0 Å². The highest BCUT2D eigenvalue weighted by Gasteiger charge is 2.09. The minimum Gasteiger partial charge on any atom is -0.355 e. The molecule has 0 spiro atoms. The number of hydrogen-bond donors (Lipinski definition) is 1. The van der Waals surface area contributed by atoms with Gasteiger partial charge in [0.25, 0.3) is 0 Å². The highest BCUT2D eigenvalue weighted by molar-refractivity contribution is 5.56. The lowest BCUT2D eigenvalue weighted by Crippen LogP contribution is -2.26. The zero-order chi connectivity index (χ0) is 15.9. The Morgan fingerprint density at radius 2 is 1.64 bits per heavy atom. The summed E-state index contributed by atoms with van der Waals surface area (Å²) in [5.41, 5.74) is 3.42. The van der Waals surface area contributed by atoms with Crippen LogP contribution in [0.25, 0.3) is 0 Å². The van der Waals surface area contributed by atoms with E-state index in [1.807, 2.05) is 0 Å². The summed E-state index contributed by atoms with van der Waals surface area (Å²) in [6.07, 6.45) is 3.91. The quantitative estimate of drug-likeness (QED) is 0.841. The SMILES string of the molecule is CCCN(CCC)c1cnnc(Nc2cc(C)cc(C)c2)n1. The molecule has 0 amide bonds. The third kappa shape index (κ3) is 4.41. The van der Waals surface area contributed by atoms with E-state index in [2.05, 4.69) is 71.3 Å². The average molecular weight is 299 g/mol. The van der Waals surface area contributed by atoms with Crippen molar-refractivity contribution in [3.05, 3.63) is 35.5 Å². The molecule has 2 aromatic rings. The third-order valence-electron chi connectivity index (χ3n) is 3.33. The molecule has 2 rings (SSSR count). The molecule has 22 heavy (non-hydrogen) atoms. The second-order valence-corrected chi connectivity index (χ2v) is 5.63. The fourth-order valence-corrected chi connectivity index (χ4v) is 2.56. The van der Waals surface area contributed by atoms with Crippen LogP contribution in [0, 0.1) is 13.8 Å². The Kier molecular flexibility index (Phi) is 5.69. The van der Waals surface area contributed by atoms with Gasteiger partial charge in [0, 0.05) is 18.8 Å². The highest BCUT2D eigenvalue weighted by Crippen LogP contribution is 2.18. The van der Waals surface area contributed by atoms with Crippen LogP contribution in [-0.4, -0.2) is 28.3 Å². The van der Waals surface area contributed by atoms with E-state index in [0.717, 1.165) is 37.4 Å². The van der Waals surface area contributed by atoms with Crippen LogP contribution in [0.4, 0.5) is 17.5 Å². The van der Waals surface area contributed by atoms with Gasteiger partial charge in [0.1, 0.15) is 0 Å². The first-order valence-corrected chi connectivity index (χ1v) is 7.92. The minimum atomic E-state index is 0.541. The van der Waals surface area contributed by atoms with E-state index < -0.39 is 0 Å². The summed E-state index contributed by atoms with van der Waals surface area (Å²) in [5, 5.41) is 11.4. The molecule has 0 bridgehead atoms. The summed E-state index contributed by atoms with van der Waals surface area (Å²) in [6.45, 7) is 10.5. The van der Waals surface area contributed by atoms with Crippen LogP contribution in [0.1, 0.15) is 37.8 Å². The average Bonchev–Trinajstić information content (AvgIpc) is 2.46. The molecule has 0 saturated carbocycles. The largest absolute Gasteiger partial charge is 0.355 e. The molecule has 0 saturated heterocycles. The summed E-state index contributed by atoms with van der Waals surface area (Å²) >= 11 is 0. The summed E-state index contributed by atoms with van der Waals surface area (Å²) in [6, 6.07) is 6.31. The number of anilines is 3. The van der Waals surface area contributed by atoms with Gasteiger partial charge in [-0.1, -0.05) is 19.9 Å². The molecule has 118 valence electrons. The second-order valence-electron chi connectivity index (χ2n) is 5.63. The Hall–Kier alpha value is -2.17. The van der Waals surface area contributed by atoms with Crippen LogP contribution in [0.15, 0.2) is 24.4 Å².